The molecule has 1 saturated heterocycles. The molecule has 1 aromatic carbocycles. The van der Waals surface area contributed by atoms with Gasteiger partial charge in [-0.2, -0.15) is 0 Å². The number of primary amides is 1. The predicted octanol–water partition coefficient (Wildman–Crippen LogP) is 1.16. The van der Waals surface area contributed by atoms with Crippen molar-refractivity contribution in [3.8, 4) is 0 Å². The van der Waals surface area contributed by atoms with Crippen LogP contribution in [0.5, 0.6) is 0 Å². The van der Waals surface area contributed by atoms with Gasteiger partial charge >= 0.3 is 0 Å². The summed E-state index contributed by atoms with van der Waals surface area (Å²) >= 11 is 5.34. The van der Waals surface area contributed by atoms with E-state index in [9.17, 15) is 4.79 Å². The monoisotopic (exact) mass is 290 g/mol. The Hall–Kier alpha value is -1.46. The molecule has 1 aromatic rings. The number of nitrogens with one attached hydrogen (secondary N) is 2. The van der Waals surface area contributed by atoms with Gasteiger partial charge in [0.1, 0.15) is 0 Å². The number of amides is 1. The summed E-state index contributed by atoms with van der Waals surface area (Å²) in [6.45, 7) is 1.52. The van der Waals surface area contributed by atoms with Crippen LogP contribution in [0.3, 0.4) is 0 Å². The Morgan fingerprint density at radius 3 is 2.90 bits per heavy atom. The first kappa shape index (κ1) is 14.9. The molecule has 1 aliphatic heterocycles. The fraction of sp³-hybridized carbons (Fsp3) is 0.400. The Bertz CT molecular complexity index is 463. The summed E-state index contributed by atoms with van der Waals surface area (Å²) in [7, 11) is 0. The molecule has 0 bridgehead atoms. The van der Waals surface area contributed by atoms with Gasteiger partial charge in [-0.25, -0.2) is 0 Å². The minimum atomic E-state index is -0.286. The standard InChI is InChI=1S/C15H20N3OS/c16-15(19)13-8-12(6-7-17-13)9-14(20)18-10-11-4-2-1-3-5-11/h1-5,9,12-13,17H,6-8,10H2,(H2,16,19)(H,18,20). The third kappa shape index (κ3) is 4.58. The minimum Gasteiger partial charge on any atom is -0.375 e. The lowest BCUT2D eigenvalue weighted by Crippen LogP contribution is -2.47. The average Bonchev–Trinajstić information content (AvgIpc) is 2.46. The summed E-state index contributed by atoms with van der Waals surface area (Å²) in [5.74, 6) is 0.0239. The van der Waals surface area contributed by atoms with Gasteiger partial charge in [0.05, 0.1) is 11.0 Å². The molecule has 1 aliphatic rings. The largest absolute Gasteiger partial charge is 0.375 e. The van der Waals surface area contributed by atoms with Crippen LogP contribution < -0.4 is 16.4 Å². The second-order valence-electron chi connectivity index (χ2n) is 5.06. The third-order valence-electron chi connectivity index (χ3n) is 3.48. The van der Waals surface area contributed by atoms with Crippen LogP contribution in [0.2, 0.25) is 0 Å². The van der Waals surface area contributed by atoms with Crippen molar-refractivity contribution < 1.29 is 4.79 Å². The van der Waals surface area contributed by atoms with Crippen LogP contribution in [-0.2, 0) is 11.3 Å². The lowest BCUT2D eigenvalue weighted by Gasteiger charge is -2.28. The highest BCUT2D eigenvalue weighted by molar-refractivity contribution is 7.80. The van der Waals surface area contributed by atoms with Crippen LogP contribution in [0.4, 0.5) is 0 Å². The molecule has 107 valence electrons. The molecule has 0 saturated carbocycles. The van der Waals surface area contributed by atoms with E-state index in [1.165, 1.54) is 5.56 Å². The van der Waals surface area contributed by atoms with Crippen molar-refractivity contribution >= 4 is 23.1 Å². The molecule has 2 rings (SSSR count). The number of carbonyl (C=O) groups is 1. The van der Waals surface area contributed by atoms with Crippen LogP contribution >= 0.6 is 12.2 Å². The number of hydrogen-bond donors (Lipinski definition) is 3. The number of carbonyl (C=O) groups excluding carboxylic acids is 1. The van der Waals surface area contributed by atoms with E-state index in [-0.39, 0.29) is 11.9 Å². The number of benzene rings is 1. The van der Waals surface area contributed by atoms with Crippen LogP contribution in [-0.4, -0.2) is 23.5 Å². The number of nitrogens with two attached hydrogens (primary N) is 1. The Kier molecular flexibility index (Phi) is 5.49. The normalized spacial score (nSPS) is 22.2. The second kappa shape index (κ2) is 7.36. The predicted molar refractivity (Wildman–Crippen MR) is 83.9 cm³/mol. The first-order valence-electron chi connectivity index (χ1n) is 6.84. The fourth-order valence-electron chi connectivity index (χ4n) is 2.37. The molecule has 1 amide bonds. The molecule has 4 N–H and O–H groups in total. The van der Waals surface area contributed by atoms with Crippen LogP contribution in [0, 0.1) is 12.3 Å². The van der Waals surface area contributed by atoms with Crippen LogP contribution in [0.25, 0.3) is 0 Å². The van der Waals surface area contributed by atoms with Crippen molar-refractivity contribution in [2.75, 3.05) is 6.54 Å². The lowest BCUT2D eigenvalue weighted by molar-refractivity contribution is -0.120. The second-order valence-corrected chi connectivity index (χ2v) is 5.50. The summed E-state index contributed by atoms with van der Waals surface area (Å²) in [6.07, 6.45) is 3.74. The molecule has 20 heavy (non-hydrogen) atoms. The highest BCUT2D eigenvalue weighted by atomic mass is 32.1. The van der Waals surface area contributed by atoms with Crippen molar-refractivity contribution in [2.45, 2.75) is 25.4 Å². The van der Waals surface area contributed by atoms with Gasteiger partial charge in [-0.05, 0) is 30.9 Å². The van der Waals surface area contributed by atoms with Gasteiger partial charge in [-0.3, -0.25) is 4.79 Å². The fourth-order valence-corrected chi connectivity index (χ4v) is 2.64. The first-order valence-corrected chi connectivity index (χ1v) is 7.25. The van der Waals surface area contributed by atoms with Gasteiger partial charge in [0.15, 0.2) is 0 Å². The van der Waals surface area contributed by atoms with Crippen molar-refractivity contribution in [3.05, 3.63) is 42.3 Å². The summed E-state index contributed by atoms with van der Waals surface area (Å²) in [5.41, 5.74) is 6.53. The van der Waals surface area contributed by atoms with E-state index < -0.39 is 0 Å². The molecule has 1 radical (unpaired) electrons. The highest BCUT2D eigenvalue weighted by Crippen LogP contribution is 2.19. The molecule has 1 fully saturated rings. The number of rotatable bonds is 5. The summed E-state index contributed by atoms with van der Waals surface area (Å²) in [6, 6.07) is 9.89. The Balaban J connectivity index is 1.75. The van der Waals surface area contributed by atoms with Crippen molar-refractivity contribution in [3.63, 3.8) is 0 Å². The molecular formula is C15H20N3OS. The molecular weight excluding hydrogens is 270 g/mol. The minimum absolute atomic E-state index is 0.234. The first-order chi connectivity index (χ1) is 9.65. The zero-order valence-electron chi connectivity index (χ0n) is 11.3. The van der Waals surface area contributed by atoms with E-state index in [1.807, 2.05) is 24.6 Å². The van der Waals surface area contributed by atoms with E-state index in [4.69, 9.17) is 18.0 Å². The molecule has 5 heteroatoms. The third-order valence-corrected chi connectivity index (χ3v) is 3.76. The van der Waals surface area contributed by atoms with Crippen molar-refractivity contribution in [1.29, 1.82) is 0 Å². The average molecular weight is 290 g/mol. The van der Waals surface area contributed by atoms with Crippen molar-refractivity contribution in [2.24, 2.45) is 11.7 Å². The molecule has 4 nitrogen and oxygen atoms in total. The van der Waals surface area contributed by atoms with Crippen molar-refractivity contribution in [1.82, 2.24) is 10.6 Å². The number of thiocarbonyl (C=S) groups is 1. The zero-order chi connectivity index (χ0) is 14.4. The van der Waals surface area contributed by atoms with Gasteiger partial charge in [-0.1, -0.05) is 42.5 Å². The molecule has 1 heterocycles. The van der Waals surface area contributed by atoms with Gasteiger partial charge in [0, 0.05) is 13.0 Å². The van der Waals surface area contributed by atoms with Gasteiger partial charge in [-0.15, -0.1) is 0 Å². The summed E-state index contributed by atoms with van der Waals surface area (Å²) < 4.78 is 0. The highest BCUT2D eigenvalue weighted by Gasteiger charge is 2.25. The van der Waals surface area contributed by atoms with E-state index in [2.05, 4.69) is 22.8 Å². The Morgan fingerprint density at radius 2 is 2.20 bits per heavy atom. The van der Waals surface area contributed by atoms with Gasteiger partial charge in [0.2, 0.25) is 5.91 Å². The SMILES string of the molecule is NC(=O)C1CC([CH]C(=S)NCc2ccccc2)CCN1. The lowest BCUT2D eigenvalue weighted by atomic mass is 9.89. The number of piperidine rings is 1. The topological polar surface area (TPSA) is 67.2 Å². The maximum Gasteiger partial charge on any atom is 0.234 e. The summed E-state index contributed by atoms with van der Waals surface area (Å²) in [5, 5.41) is 6.35. The maximum atomic E-state index is 11.2. The quantitative estimate of drug-likeness (QED) is 0.712. The number of hydrogen-bond acceptors (Lipinski definition) is 3. The van der Waals surface area contributed by atoms with Crippen LogP contribution in [0.15, 0.2) is 30.3 Å². The van der Waals surface area contributed by atoms with E-state index in [0.29, 0.717) is 5.92 Å². The Labute approximate surface area is 125 Å². The molecule has 0 spiro atoms. The smallest absolute Gasteiger partial charge is 0.234 e. The molecule has 2 atom stereocenters. The zero-order valence-corrected chi connectivity index (χ0v) is 12.2. The Morgan fingerprint density at radius 1 is 1.45 bits per heavy atom. The van der Waals surface area contributed by atoms with E-state index >= 15 is 0 Å². The van der Waals surface area contributed by atoms with Gasteiger partial charge in [0.25, 0.3) is 0 Å². The van der Waals surface area contributed by atoms with E-state index in [0.717, 1.165) is 30.9 Å². The molecule has 2 unspecified atom stereocenters. The van der Waals surface area contributed by atoms with Crippen LogP contribution in [0.1, 0.15) is 18.4 Å². The molecule has 0 aliphatic carbocycles. The maximum absolute atomic E-state index is 11.2. The van der Waals surface area contributed by atoms with E-state index in [1.54, 1.807) is 0 Å². The summed E-state index contributed by atoms with van der Waals surface area (Å²) in [4.78, 5) is 11.9. The molecule has 0 aromatic heterocycles. The van der Waals surface area contributed by atoms with Gasteiger partial charge < -0.3 is 16.4 Å².